The van der Waals surface area contributed by atoms with E-state index in [9.17, 15) is 0 Å². The molecule has 0 aliphatic heterocycles. The molecule has 0 spiro atoms. The quantitative estimate of drug-likeness (QED) is 0.810. The Kier molecular flexibility index (Phi) is 5.00. The number of fused-ring (bicyclic) bond motifs is 1. The van der Waals surface area contributed by atoms with Gasteiger partial charge < -0.3 is 5.32 Å². The molecule has 116 valence electrons. The summed E-state index contributed by atoms with van der Waals surface area (Å²) in [6, 6.07) is 9.88. The highest BCUT2D eigenvalue weighted by Crippen LogP contribution is 2.42. The first-order chi connectivity index (χ1) is 10.3. The smallest absolute Gasteiger partial charge is 0.0164 e. The van der Waals surface area contributed by atoms with Crippen LogP contribution in [0.5, 0.6) is 0 Å². The summed E-state index contributed by atoms with van der Waals surface area (Å²) >= 11 is 0. The van der Waals surface area contributed by atoms with E-state index < -0.39 is 0 Å². The molecule has 1 heteroatoms. The molecule has 0 aromatic heterocycles. The van der Waals surface area contributed by atoms with Crippen LogP contribution in [0.2, 0.25) is 0 Å². The zero-order chi connectivity index (χ0) is 14.7. The molecule has 0 radical (unpaired) electrons. The van der Waals surface area contributed by atoms with E-state index in [1.165, 1.54) is 51.5 Å². The fourth-order valence-electron chi connectivity index (χ4n) is 4.72. The molecule has 1 nitrogen and oxygen atoms in total. The van der Waals surface area contributed by atoms with E-state index in [-0.39, 0.29) is 0 Å². The number of benzene rings is 1. The molecule has 2 aliphatic carbocycles. The minimum Gasteiger partial charge on any atom is -0.313 e. The first-order valence-corrected chi connectivity index (χ1v) is 9.10. The first kappa shape index (κ1) is 15.1. The number of hydrogen-bond acceptors (Lipinski definition) is 1. The van der Waals surface area contributed by atoms with Crippen molar-refractivity contribution in [1.29, 1.82) is 0 Å². The van der Waals surface area contributed by atoms with E-state index >= 15 is 0 Å². The number of nitrogens with one attached hydrogen (secondary N) is 1. The zero-order valence-corrected chi connectivity index (χ0v) is 13.8. The second-order valence-corrected chi connectivity index (χ2v) is 7.36. The van der Waals surface area contributed by atoms with E-state index in [0.717, 1.165) is 17.8 Å². The molecule has 1 fully saturated rings. The minimum atomic E-state index is 0.705. The minimum absolute atomic E-state index is 0.705. The normalized spacial score (nSPS) is 30.1. The van der Waals surface area contributed by atoms with Crippen LogP contribution in [0.25, 0.3) is 0 Å². The van der Waals surface area contributed by atoms with Crippen molar-refractivity contribution in [2.24, 2.45) is 11.8 Å². The number of aryl methyl sites for hydroxylation is 1. The zero-order valence-electron chi connectivity index (χ0n) is 13.8. The van der Waals surface area contributed by atoms with Gasteiger partial charge in [0.15, 0.2) is 0 Å². The SMILES string of the molecule is CCCNC(C1CCCC(C)C1)C1CCc2ccccc21. The van der Waals surface area contributed by atoms with Gasteiger partial charge in [-0.2, -0.15) is 0 Å². The summed E-state index contributed by atoms with van der Waals surface area (Å²) in [7, 11) is 0. The van der Waals surface area contributed by atoms with Gasteiger partial charge in [0.2, 0.25) is 0 Å². The molecule has 4 atom stereocenters. The van der Waals surface area contributed by atoms with Crippen LogP contribution in [-0.2, 0) is 6.42 Å². The molecule has 0 amide bonds. The maximum atomic E-state index is 3.94. The Morgan fingerprint density at radius 1 is 1.19 bits per heavy atom. The van der Waals surface area contributed by atoms with Crippen molar-refractivity contribution in [2.45, 2.75) is 70.8 Å². The second kappa shape index (κ2) is 6.96. The highest BCUT2D eigenvalue weighted by atomic mass is 14.9. The van der Waals surface area contributed by atoms with Gasteiger partial charge >= 0.3 is 0 Å². The van der Waals surface area contributed by atoms with Gasteiger partial charge in [0.05, 0.1) is 0 Å². The molecule has 3 rings (SSSR count). The molecule has 2 aliphatic rings. The van der Waals surface area contributed by atoms with Gasteiger partial charge in [-0.15, -0.1) is 0 Å². The number of rotatable bonds is 5. The molecule has 0 bridgehead atoms. The molecule has 0 saturated heterocycles. The Morgan fingerprint density at radius 3 is 2.86 bits per heavy atom. The summed E-state index contributed by atoms with van der Waals surface area (Å²) in [5, 5.41) is 3.94. The van der Waals surface area contributed by atoms with Gasteiger partial charge in [0.25, 0.3) is 0 Å². The Hall–Kier alpha value is -0.820. The lowest BCUT2D eigenvalue weighted by molar-refractivity contribution is 0.201. The topological polar surface area (TPSA) is 12.0 Å². The molecule has 4 unspecified atom stereocenters. The lowest BCUT2D eigenvalue weighted by Crippen LogP contribution is -2.42. The van der Waals surface area contributed by atoms with Gasteiger partial charge in [0.1, 0.15) is 0 Å². The molecular formula is C20H31N. The van der Waals surface area contributed by atoms with Crippen molar-refractivity contribution in [1.82, 2.24) is 5.32 Å². The standard InChI is InChI=1S/C20H31N/c1-3-13-21-20(17-9-6-7-15(2)14-17)19-12-11-16-8-4-5-10-18(16)19/h4-5,8,10,15,17,19-21H,3,6-7,9,11-14H2,1-2H3. The molecule has 1 saturated carbocycles. The van der Waals surface area contributed by atoms with Crippen LogP contribution in [0.15, 0.2) is 24.3 Å². The maximum Gasteiger partial charge on any atom is 0.0164 e. The lowest BCUT2D eigenvalue weighted by atomic mass is 9.73. The summed E-state index contributed by atoms with van der Waals surface area (Å²) in [6.07, 6.45) is 9.62. The van der Waals surface area contributed by atoms with Crippen LogP contribution in [0, 0.1) is 11.8 Å². The van der Waals surface area contributed by atoms with E-state index in [0.29, 0.717) is 6.04 Å². The van der Waals surface area contributed by atoms with Crippen molar-refractivity contribution < 1.29 is 0 Å². The van der Waals surface area contributed by atoms with Crippen molar-refractivity contribution in [3.05, 3.63) is 35.4 Å². The van der Waals surface area contributed by atoms with Gasteiger partial charge in [-0.1, -0.05) is 51.0 Å². The van der Waals surface area contributed by atoms with Gasteiger partial charge in [-0.25, -0.2) is 0 Å². The van der Waals surface area contributed by atoms with Crippen LogP contribution < -0.4 is 5.32 Å². The molecular weight excluding hydrogens is 254 g/mol. The van der Waals surface area contributed by atoms with Gasteiger partial charge in [-0.3, -0.25) is 0 Å². The fraction of sp³-hybridized carbons (Fsp3) is 0.700. The van der Waals surface area contributed by atoms with Crippen LogP contribution in [0.3, 0.4) is 0 Å². The van der Waals surface area contributed by atoms with E-state index in [2.05, 4.69) is 43.4 Å². The summed E-state index contributed by atoms with van der Waals surface area (Å²) in [4.78, 5) is 0. The van der Waals surface area contributed by atoms with Gasteiger partial charge in [-0.05, 0) is 61.6 Å². The number of hydrogen-bond donors (Lipinski definition) is 1. The third-order valence-electron chi connectivity index (χ3n) is 5.73. The van der Waals surface area contributed by atoms with Gasteiger partial charge in [0, 0.05) is 12.0 Å². The summed E-state index contributed by atoms with van der Waals surface area (Å²) in [6.45, 7) is 5.91. The fourth-order valence-corrected chi connectivity index (χ4v) is 4.72. The molecule has 1 N–H and O–H groups in total. The van der Waals surface area contributed by atoms with E-state index in [4.69, 9.17) is 0 Å². The predicted molar refractivity (Wildman–Crippen MR) is 90.7 cm³/mol. The Bertz CT molecular complexity index is 453. The highest BCUT2D eigenvalue weighted by molar-refractivity contribution is 5.36. The maximum absolute atomic E-state index is 3.94. The Labute approximate surface area is 130 Å². The van der Waals surface area contributed by atoms with Crippen molar-refractivity contribution in [3.8, 4) is 0 Å². The van der Waals surface area contributed by atoms with E-state index in [1.54, 1.807) is 11.1 Å². The Balaban J connectivity index is 1.79. The van der Waals surface area contributed by atoms with E-state index in [1.807, 2.05) is 0 Å². The first-order valence-electron chi connectivity index (χ1n) is 9.10. The molecule has 0 heterocycles. The molecule has 21 heavy (non-hydrogen) atoms. The van der Waals surface area contributed by atoms with Crippen LogP contribution in [0.4, 0.5) is 0 Å². The average molecular weight is 285 g/mol. The summed E-state index contributed by atoms with van der Waals surface area (Å²) in [5.41, 5.74) is 3.25. The third kappa shape index (κ3) is 3.34. The predicted octanol–water partition coefficient (Wildman–Crippen LogP) is 4.91. The summed E-state index contributed by atoms with van der Waals surface area (Å²) in [5.74, 6) is 2.56. The Morgan fingerprint density at radius 2 is 2.05 bits per heavy atom. The average Bonchev–Trinajstić information content (AvgIpc) is 2.92. The monoisotopic (exact) mass is 285 g/mol. The molecule has 1 aromatic carbocycles. The van der Waals surface area contributed by atoms with Crippen LogP contribution in [-0.4, -0.2) is 12.6 Å². The lowest BCUT2D eigenvalue weighted by Gasteiger charge is -2.37. The van der Waals surface area contributed by atoms with Crippen molar-refractivity contribution in [3.63, 3.8) is 0 Å². The third-order valence-corrected chi connectivity index (χ3v) is 5.73. The van der Waals surface area contributed by atoms with Crippen LogP contribution >= 0.6 is 0 Å². The van der Waals surface area contributed by atoms with Crippen molar-refractivity contribution >= 4 is 0 Å². The van der Waals surface area contributed by atoms with Crippen molar-refractivity contribution in [2.75, 3.05) is 6.54 Å². The van der Waals surface area contributed by atoms with Crippen LogP contribution in [0.1, 0.15) is 69.4 Å². The second-order valence-electron chi connectivity index (χ2n) is 7.36. The summed E-state index contributed by atoms with van der Waals surface area (Å²) < 4.78 is 0. The highest BCUT2D eigenvalue weighted by Gasteiger charge is 2.35. The largest absolute Gasteiger partial charge is 0.313 e. The molecule has 1 aromatic rings.